The number of nitrogens with one attached hydrogen (secondary N) is 2. The average Bonchev–Trinajstić information content (AvgIpc) is 2.16. The Kier molecular flexibility index (Phi) is 4.42. The molecule has 0 spiro atoms. The van der Waals surface area contributed by atoms with Crippen molar-refractivity contribution in [3.8, 4) is 0 Å². The molecule has 0 radical (unpaired) electrons. The quantitative estimate of drug-likeness (QED) is 0.401. The van der Waals surface area contributed by atoms with E-state index >= 15 is 0 Å². The lowest BCUT2D eigenvalue weighted by atomic mass is 10.1. The lowest BCUT2D eigenvalue weighted by Crippen LogP contribution is -2.39. The van der Waals surface area contributed by atoms with Crippen LogP contribution in [0.1, 0.15) is 5.56 Å². The topological polar surface area (TPSA) is 41.1 Å². The van der Waals surface area contributed by atoms with E-state index in [1.807, 2.05) is 30.3 Å². The molecular formula is C9H10N2OS2. The van der Waals surface area contributed by atoms with Gasteiger partial charge in [-0.1, -0.05) is 42.5 Å². The minimum Gasteiger partial charge on any atom is -0.283 e. The smallest absolute Gasteiger partial charge is 0.242 e. The first-order valence-corrected chi connectivity index (χ1v) is 4.86. The number of thiol groups is 1. The summed E-state index contributed by atoms with van der Waals surface area (Å²) in [6, 6.07) is 9.46. The Hall–Kier alpha value is -1.07. The van der Waals surface area contributed by atoms with E-state index in [2.05, 4.69) is 35.7 Å². The van der Waals surface area contributed by atoms with Crippen LogP contribution in [0.2, 0.25) is 0 Å². The number of hydrazine groups is 1. The van der Waals surface area contributed by atoms with Gasteiger partial charge in [0.1, 0.15) is 4.32 Å². The summed E-state index contributed by atoms with van der Waals surface area (Å²) in [6.45, 7) is 0. The third kappa shape index (κ3) is 4.25. The Morgan fingerprint density at radius 2 is 1.93 bits per heavy atom. The van der Waals surface area contributed by atoms with Crippen LogP contribution in [0, 0.1) is 0 Å². The lowest BCUT2D eigenvalue weighted by molar-refractivity contribution is -0.120. The van der Waals surface area contributed by atoms with Crippen LogP contribution in [0.4, 0.5) is 0 Å². The van der Waals surface area contributed by atoms with Crippen molar-refractivity contribution in [3.63, 3.8) is 0 Å². The van der Waals surface area contributed by atoms with Crippen molar-refractivity contribution >= 4 is 35.1 Å². The molecule has 3 nitrogen and oxygen atoms in total. The summed E-state index contributed by atoms with van der Waals surface area (Å²) in [6.07, 6.45) is 0.324. The molecular weight excluding hydrogens is 216 g/mol. The number of thiocarbonyl (C=S) groups is 1. The van der Waals surface area contributed by atoms with Gasteiger partial charge in [0.15, 0.2) is 0 Å². The van der Waals surface area contributed by atoms with E-state index < -0.39 is 0 Å². The fourth-order valence-corrected chi connectivity index (χ4v) is 1.06. The molecule has 0 aliphatic rings. The third-order valence-electron chi connectivity index (χ3n) is 1.52. The SMILES string of the molecule is O=C(Cc1ccccc1)NNC(=S)S. The molecule has 0 atom stereocenters. The molecule has 1 aromatic rings. The Bertz CT molecular complexity index is 327. The first kappa shape index (κ1) is 11.0. The predicted octanol–water partition coefficient (Wildman–Crippen LogP) is 1.06. The van der Waals surface area contributed by atoms with E-state index in [9.17, 15) is 4.79 Å². The standard InChI is InChI=1S/C9H10N2OS2/c12-8(10-11-9(13)14)6-7-4-2-1-3-5-7/h1-5H,6H2,(H,10,12)(H2,11,13,14). The van der Waals surface area contributed by atoms with E-state index in [0.29, 0.717) is 6.42 Å². The van der Waals surface area contributed by atoms with Gasteiger partial charge in [-0.2, -0.15) is 0 Å². The number of benzene rings is 1. The molecule has 1 rings (SSSR count). The van der Waals surface area contributed by atoms with E-state index in [1.165, 1.54) is 0 Å². The molecule has 1 aromatic carbocycles. The zero-order valence-corrected chi connectivity index (χ0v) is 9.07. The van der Waals surface area contributed by atoms with Crippen LogP contribution in [-0.4, -0.2) is 10.2 Å². The minimum absolute atomic E-state index is 0.146. The first-order chi connectivity index (χ1) is 6.68. The molecule has 2 N–H and O–H groups in total. The van der Waals surface area contributed by atoms with Crippen molar-refractivity contribution in [1.29, 1.82) is 0 Å². The van der Waals surface area contributed by atoms with Crippen LogP contribution in [0.15, 0.2) is 30.3 Å². The normalized spacial score (nSPS) is 9.21. The van der Waals surface area contributed by atoms with Gasteiger partial charge in [-0.3, -0.25) is 15.6 Å². The van der Waals surface area contributed by atoms with Crippen molar-refractivity contribution < 1.29 is 4.79 Å². The zero-order valence-electron chi connectivity index (χ0n) is 7.36. The molecule has 1 amide bonds. The van der Waals surface area contributed by atoms with Crippen LogP contribution in [0.3, 0.4) is 0 Å². The number of hydrogen-bond acceptors (Lipinski definition) is 2. The van der Waals surface area contributed by atoms with Gasteiger partial charge < -0.3 is 0 Å². The number of amides is 1. The maximum atomic E-state index is 11.2. The molecule has 0 aromatic heterocycles. The van der Waals surface area contributed by atoms with Crippen molar-refractivity contribution in [3.05, 3.63) is 35.9 Å². The monoisotopic (exact) mass is 226 g/mol. The molecule has 0 saturated heterocycles. The highest BCUT2D eigenvalue weighted by atomic mass is 32.1. The number of carbonyl (C=O) groups is 1. The molecule has 0 bridgehead atoms. The summed E-state index contributed by atoms with van der Waals surface area (Å²) in [5.41, 5.74) is 5.84. The fraction of sp³-hybridized carbons (Fsp3) is 0.111. The van der Waals surface area contributed by atoms with Crippen LogP contribution < -0.4 is 10.9 Å². The van der Waals surface area contributed by atoms with E-state index in [4.69, 9.17) is 0 Å². The molecule has 0 heterocycles. The molecule has 14 heavy (non-hydrogen) atoms. The Morgan fingerprint density at radius 1 is 1.29 bits per heavy atom. The van der Waals surface area contributed by atoms with Gasteiger partial charge in [0, 0.05) is 0 Å². The van der Waals surface area contributed by atoms with Crippen LogP contribution >= 0.6 is 24.8 Å². The van der Waals surface area contributed by atoms with Crippen LogP contribution in [0.25, 0.3) is 0 Å². The van der Waals surface area contributed by atoms with Crippen molar-refractivity contribution in [2.75, 3.05) is 0 Å². The highest BCUT2D eigenvalue weighted by molar-refractivity contribution is 8.11. The van der Waals surface area contributed by atoms with Gasteiger partial charge in [-0.05, 0) is 5.56 Å². The average molecular weight is 226 g/mol. The predicted molar refractivity (Wildman–Crippen MR) is 63.0 cm³/mol. The third-order valence-corrected chi connectivity index (χ3v) is 1.73. The van der Waals surface area contributed by atoms with Gasteiger partial charge in [-0.25, -0.2) is 0 Å². The second-order valence-corrected chi connectivity index (χ2v) is 3.80. The van der Waals surface area contributed by atoms with Gasteiger partial charge >= 0.3 is 0 Å². The highest BCUT2D eigenvalue weighted by Crippen LogP contribution is 1.98. The van der Waals surface area contributed by atoms with Crippen molar-refractivity contribution in [2.45, 2.75) is 6.42 Å². The number of carbonyl (C=O) groups excluding carboxylic acids is 1. The molecule has 0 saturated carbocycles. The molecule has 0 aliphatic heterocycles. The minimum atomic E-state index is -0.146. The largest absolute Gasteiger partial charge is 0.283 e. The first-order valence-electron chi connectivity index (χ1n) is 4.00. The fourth-order valence-electron chi connectivity index (χ4n) is 0.949. The zero-order chi connectivity index (χ0) is 10.4. The molecule has 0 fully saturated rings. The van der Waals surface area contributed by atoms with E-state index in [-0.39, 0.29) is 10.2 Å². The van der Waals surface area contributed by atoms with Gasteiger partial charge in [-0.15, -0.1) is 12.6 Å². The molecule has 0 unspecified atom stereocenters. The Balaban J connectivity index is 2.38. The van der Waals surface area contributed by atoms with Crippen molar-refractivity contribution in [2.24, 2.45) is 0 Å². The summed E-state index contributed by atoms with van der Waals surface area (Å²) in [5, 5.41) is 0. The summed E-state index contributed by atoms with van der Waals surface area (Å²) in [5.74, 6) is -0.146. The van der Waals surface area contributed by atoms with Crippen molar-refractivity contribution in [1.82, 2.24) is 10.9 Å². The molecule has 5 heteroatoms. The summed E-state index contributed by atoms with van der Waals surface area (Å²) in [7, 11) is 0. The van der Waals surface area contributed by atoms with Crippen LogP contribution in [0.5, 0.6) is 0 Å². The van der Waals surface area contributed by atoms with Gasteiger partial charge in [0.2, 0.25) is 5.91 Å². The van der Waals surface area contributed by atoms with E-state index in [0.717, 1.165) is 5.56 Å². The summed E-state index contributed by atoms with van der Waals surface area (Å²) < 4.78 is 0.242. The van der Waals surface area contributed by atoms with Gasteiger partial charge in [0.25, 0.3) is 0 Å². The number of hydrogen-bond donors (Lipinski definition) is 3. The second kappa shape index (κ2) is 5.62. The van der Waals surface area contributed by atoms with Crippen LogP contribution in [-0.2, 0) is 11.2 Å². The molecule has 74 valence electrons. The highest BCUT2D eigenvalue weighted by Gasteiger charge is 2.01. The Morgan fingerprint density at radius 3 is 2.50 bits per heavy atom. The Labute approximate surface area is 93.3 Å². The maximum Gasteiger partial charge on any atom is 0.242 e. The summed E-state index contributed by atoms with van der Waals surface area (Å²) in [4.78, 5) is 11.2. The summed E-state index contributed by atoms with van der Waals surface area (Å²) >= 11 is 8.42. The van der Waals surface area contributed by atoms with E-state index in [1.54, 1.807) is 0 Å². The lowest BCUT2D eigenvalue weighted by Gasteiger charge is -2.05. The second-order valence-electron chi connectivity index (χ2n) is 2.64. The van der Waals surface area contributed by atoms with Gasteiger partial charge in [0.05, 0.1) is 6.42 Å². The number of rotatable bonds is 2. The maximum absolute atomic E-state index is 11.2. The molecule has 0 aliphatic carbocycles.